The molecule has 126 valence electrons. The van der Waals surface area contributed by atoms with Crippen molar-refractivity contribution in [2.24, 2.45) is 0 Å². The number of furan rings is 1. The van der Waals surface area contributed by atoms with Gasteiger partial charge in [0, 0.05) is 6.42 Å². The molecule has 0 aliphatic carbocycles. The Balaban J connectivity index is 1.45. The molecule has 7 nitrogen and oxygen atoms in total. The van der Waals surface area contributed by atoms with Crippen LogP contribution in [-0.4, -0.2) is 38.0 Å². The zero-order valence-corrected chi connectivity index (χ0v) is 13.5. The lowest BCUT2D eigenvalue weighted by Gasteiger charge is -2.09. The molecule has 7 heteroatoms. The number of ether oxygens (including phenoxy) is 1. The molecule has 24 heavy (non-hydrogen) atoms. The summed E-state index contributed by atoms with van der Waals surface area (Å²) in [4.78, 5) is 1.39. The summed E-state index contributed by atoms with van der Waals surface area (Å²) in [6.45, 7) is 2.79. The number of aliphatic hydroxyl groups is 1. The highest BCUT2D eigenvalue weighted by molar-refractivity contribution is 5.23. The summed E-state index contributed by atoms with van der Waals surface area (Å²) in [5.74, 6) is 1.35. The highest BCUT2D eigenvalue weighted by Gasteiger charge is 2.10. The van der Waals surface area contributed by atoms with E-state index < -0.39 is 6.10 Å². The van der Waals surface area contributed by atoms with E-state index in [9.17, 15) is 5.11 Å². The number of benzene rings is 1. The van der Waals surface area contributed by atoms with Crippen LogP contribution in [0.15, 0.2) is 47.1 Å². The van der Waals surface area contributed by atoms with Gasteiger partial charge in [-0.25, -0.2) is 0 Å². The fourth-order valence-electron chi connectivity index (χ4n) is 2.24. The molecule has 1 N–H and O–H groups in total. The van der Waals surface area contributed by atoms with E-state index in [4.69, 9.17) is 9.15 Å². The van der Waals surface area contributed by atoms with Gasteiger partial charge >= 0.3 is 0 Å². The second-order valence-corrected chi connectivity index (χ2v) is 5.67. The minimum absolute atomic E-state index is 0.176. The first-order chi connectivity index (χ1) is 11.7. The van der Waals surface area contributed by atoms with Gasteiger partial charge in [0.05, 0.1) is 25.5 Å². The second-order valence-electron chi connectivity index (χ2n) is 5.67. The smallest absolute Gasteiger partial charge is 0.179 e. The van der Waals surface area contributed by atoms with Crippen molar-refractivity contribution in [2.75, 3.05) is 6.61 Å². The predicted molar refractivity (Wildman–Crippen MR) is 86.2 cm³/mol. The van der Waals surface area contributed by atoms with E-state index in [-0.39, 0.29) is 13.2 Å². The Morgan fingerprint density at radius 1 is 1.25 bits per heavy atom. The van der Waals surface area contributed by atoms with Gasteiger partial charge in [-0.2, -0.15) is 4.80 Å². The van der Waals surface area contributed by atoms with Crippen molar-refractivity contribution in [2.45, 2.75) is 32.6 Å². The van der Waals surface area contributed by atoms with Gasteiger partial charge in [0.2, 0.25) is 0 Å². The monoisotopic (exact) mass is 328 g/mol. The molecule has 1 atom stereocenters. The maximum Gasteiger partial charge on any atom is 0.179 e. The Bertz CT molecular complexity index is 738. The van der Waals surface area contributed by atoms with Gasteiger partial charge in [-0.1, -0.05) is 29.8 Å². The number of aromatic nitrogens is 4. The van der Waals surface area contributed by atoms with Crippen LogP contribution in [0.1, 0.15) is 22.7 Å². The molecule has 0 aliphatic heterocycles. The van der Waals surface area contributed by atoms with Gasteiger partial charge in [0.15, 0.2) is 5.82 Å². The topological polar surface area (TPSA) is 86.2 Å². The summed E-state index contributed by atoms with van der Waals surface area (Å²) in [5, 5.41) is 22.3. The Morgan fingerprint density at radius 3 is 2.83 bits per heavy atom. The van der Waals surface area contributed by atoms with Gasteiger partial charge < -0.3 is 14.3 Å². The van der Waals surface area contributed by atoms with Crippen LogP contribution in [0.5, 0.6) is 0 Å². The molecule has 2 heterocycles. The maximum absolute atomic E-state index is 9.98. The summed E-state index contributed by atoms with van der Waals surface area (Å²) in [5.41, 5.74) is 2.34. The third kappa shape index (κ3) is 4.74. The van der Waals surface area contributed by atoms with Gasteiger partial charge in [0.1, 0.15) is 12.4 Å². The Kier molecular flexibility index (Phi) is 5.35. The molecule has 3 aromatic rings. The minimum Gasteiger partial charge on any atom is -0.467 e. The number of hydrogen-bond donors (Lipinski definition) is 1. The fourth-order valence-corrected chi connectivity index (χ4v) is 2.24. The predicted octanol–water partition coefficient (Wildman–Crippen LogP) is 1.74. The average molecular weight is 328 g/mol. The molecule has 0 spiro atoms. The minimum atomic E-state index is -0.707. The average Bonchev–Trinajstić information content (AvgIpc) is 3.22. The van der Waals surface area contributed by atoms with Crippen LogP contribution >= 0.6 is 0 Å². The third-order valence-corrected chi connectivity index (χ3v) is 3.49. The molecule has 2 aromatic heterocycles. The van der Waals surface area contributed by atoms with Crippen molar-refractivity contribution in [1.82, 2.24) is 20.2 Å². The number of aliphatic hydroxyl groups excluding tert-OH is 1. The lowest BCUT2D eigenvalue weighted by molar-refractivity contribution is 0.0110. The number of aryl methyl sites for hydroxylation is 1. The van der Waals surface area contributed by atoms with Crippen LogP contribution in [0.25, 0.3) is 0 Å². The fraction of sp³-hybridized carbons (Fsp3) is 0.353. The second kappa shape index (κ2) is 7.85. The first-order valence-electron chi connectivity index (χ1n) is 7.79. The van der Waals surface area contributed by atoms with Crippen LogP contribution in [0, 0.1) is 6.92 Å². The molecule has 0 saturated heterocycles. The van der Waals surface area contributed by atoms with Crippen molar-refractivity contribution < 1.29 is 14.3 Å². The van der Waals surface area contributed by atoms with E-state index in [0.29, 0.717) is 18.9 Å². The van der Waals surface area contributed by atoms with E-state index in [1.165, 1.54) is 10.4 Å². The first-order valence-corrected chi connectivity index (χ1v) is 7.79. The van der Waals surface area contributed by atoms with E-state index >= 15 is 0 Å². The van der Waals surface area contributed by atoms with Crippen LogP contribution < -0.4 is 0 Å². The van der Waals surface area contributed by atoms with Crippen molar-refractivity contribution in [1.29, 1.82) is 0 Å². The van der Waals surface area contributed by atoms with Crippen LogP contribution in [0.4, 0.5) is 0 Å². The molecule has 1 aromatic carbocycles. The van der Waals surface area contributed by atoms with E-state index in [0.717, 1.165) is 11.3 Å². The molecule has 1 unspecified atom stereocenters. The molecule has 0 aliphatic rings. The zero-order chi connectivity index (χ0) is 16.8. The third-order valence-electron chi connectivity index (χ3n) is 3.49. The van der Waals surface area contributed by atoms with Crippen LogP contribution in [0.3, 0.4) is 0 Å². The van der Waals surface area contributed by atoms with E-state index in [1.807, 2.05) is 25.1 Å². The quantitative estimate of drug-likeness (QED) is 0.678. The van der Waals surface area contributed by atoms with Crippen molar-refractivity contribution in [3.8, 4) is 0 Å². The molecular formula is C17H20N4O3. The molecule has 0 bridgehead atoms. The Labute approximate surface area is 139 Å². The summed E-state index contributed by atoms with van der Waals surface area (Å²) < 4.78 is 10.5. The lowest BCUT2D eigenvalue weighted by Crippen LogP contribution is -2.23. The molecule has 0 amide bonds. The SMILES string of the molecule is Cc1ccc(Cc2nnn(CC(O)COCc3ccco3)n2)cc1. The number of rotatable bonds is 8. The summed E-state index contributed by atoms with van der Waals surface area (Å²) >= 11 is 0. The van der Waals surface area contributed by atoms with Crippen LogP contribution in [-0.2, 0) is 24.3 Å². The van der Waals surface area contributed by atoms with Crippen molar-refractivity contribution in [3.05, 3.63) is 65.4 Å². The van der Waals surface area contributed by atoms with Crippen molar-refractivity contribution in [3.63, 3.8) is 0 Å². The Hall–Kier alpha value is -2.51. The highest BCUT2D eigenvalue weighted by atomic mass is 16.5. The molecule has 0 radical (unpaired) electrons. The van der Waals surface area contributed by atoms with Gasteiger partial charge in [0.25, 0.3) is 0 Å². The summed E-state index contributed by atoms with van der Waals surface area (Å²) in [7, 11) is 0. The maximum atomic E-state index is 9.98. The number of hydrogen-bond acceptors (Lipinski definition) is 6. The van der Waals surface area contributed by atoms with Crippen molar-refractivity contribution >= 4 is 0 Å². The highest BCUT2D eigenvalue weighted by Crippen LogP contribution is 2.07. The van der Waals surface area contributed by atoms with E-state index in [2.05, 4.69) is 27.5 Å². The first kappa shape index (κ1) is 16.4. The normalized spacial score (nSPS) is 12.4. The van der Waals surface area contributed by atoms with Gasteiger partial charge in [-0.05, 0) is 29.8 Å². The van der Waals surface area contributed by atoms with Crippen LogP contribution in [0.2, 0.25) is 0 Å². The molecular weight excluding hydrogens is 308 g/mol. The largest absolute Gasteiger partial charge is 0.467 e. The summed E-state index contributed by atoms with van der Waals surface area (Å²) in [6, 6.07) is 11.8. The molecule has 0 fully saturated rings. The molecule has 0 saturated carbocycles. The van der Waals surface area contributed by atoms with E-state index in [1.54, 1.807) is 12.3 Å². The van der Waals surface area contributed by atoms with Gasteiger partial charge in [-0.15, -0.1) is 10.2 Å². The van der Waals surface area contributed by atoms with Gasteiger partial charge in [-0.3, -0.25) is 0 Å². The number of tetrazole rings is 1. The zero-order valence-electron chi connectivity index (χ0n) is 13.5. The summed E-state index contributed by atoms with van der Waals surface area (Å²) in [6.07, 6.45) is 1.50. The molecule has 3 rings (SSSR count). The lowest BCUT2D eigenvalue weighted by atomic mass is 10.1. The Morgan fingerprint density at radius 2 is 2.08 bits per heavy atom. The number of nitrogens with zero attached hydrogens (tertiary/aromatic N) is 4. The standard InChI is InChI=1S/C17H20N4O3/c1-13-4-6-14(7-5-13)9-17-18-20-21(19-17)10-15(22)11-23-12-16-3-2-8-24-16/h2-8,15,22H,9-12H2,1H3.